The predicted octanol–water partition coefficient (Wildman–Crippen LogP) is -0.190. The van der Waals surface area contributed by atoms with Gasteiger partial charge < -0.3 is 24.5 Å². The van der Waals surface area contributed by atoms with E-state index in [1.54, 1.807) is 13.3 Å². The van der Waals surface area contributed by atoms with E-state index in [1.807, 2.05) is 24.9 Å². The van der Waals surface area contributed by atoms with Crippen LogP contribution in [0.15, 0.2) is 29.5 Å². The van der Waals surface area contributed by atoms with E-state index >= 15 is 0 Å². The van der Waals surface area contributed by atoms with Gasteiger partial charge in [-0.1, -0.05) is 0 Å². The number of amides is 1. The summed E-state index contributed by atoms with van der Waals surface area (Å²) in [5.74, 6) is -0.157. The van der Waals surface area contributed by atoms with Crippen molar-refractivity contribution in [1.82, 2.24) is 24.3 Å². The molecule has 0 saturated carbocycles. The van der Waals surface area contributed by atoms with Crippen LogP contribution in [0.3, 0.4) is 0 Å². The van der Waals surface area contributed by atoms with E-state index in [0.29, 0.717) is 5.69 Å². The number of carbonyl (C=O) groups is 1. The fraction of sp³-hybridized carbons (Fsp3) is 0.471. The SMILES string of the molecule is Cc1cc(O)cc(=O)n1CC(=O)N[C@@H]1CN(C)C[C@H]1c1cncn1C. The molecule has 1 fully saturated rings. The van der Waals surface area contributed by atoms with Crippen molar-refractivity contribution in [3.05, 3.63) is 46.4 Å². The summed E-state index contributed by atoms with van der Waals surface area (Å²) in [5, 5.41) is 12.5. The zero-order valence-electron chi connectivity index (χ0n) is 14.6. The number of nitrogens with one attached hydrogen (secondary N) is 1. The van der Waals surface area contributed by atoms with Gasteiger partial charge in [-0.2, -0.15) is 0 Å². The summed E-state index contributed by atoms with van der Waals surface area (Å²) < 4.78 is 3.32. The molecule has 2 atom stereocenters. The highest BCUT2D eigenvalue weighted by atomic mass is 16.3. The van der Waals surface area contributed by atoms with Crippen LogP contribution in [0.1, 0.15) is 17.3 Å². The molecule has 25 heavy (non-hydrogen) atoms. The minimum atomic E-state index is -0.389. The highest BCUT2D eigenvalue weighted by Gasteiger charge is 2.34. The van der Waals surface area contributed by atoms with Crippen LogP contribution in [0.25, 0.3) is 0 Å². The van der Waals surface area contributed by atoms with E-state index < -0.39 is 0 Å². The first kappa shape index (κ1) is 17.2. The zero-order valence-corrected chi connectivity index (χ0v) is 14.6. The molecule has 1 aliphatic rings. The van der Waals surface area contributed by atoms with Crippen molar-refractivity contribution in [1.29, 1.82) is 0 Å². The number of hydrogen-bond acceptors (Lipinski definition) is 5. The number of aromatic nitrogens is 3. The Hall–Kier alpha value is -2.61. The molecule has 1 saturated heterocycles. The number of aryl methyl sites for hydroxylation is 2. The summed E-state index contributed by atoms with van der Waals surface area (Å²) >= 11 is 0. The van der Waals surface area contributed by atoms with Crippen molar-refractivity contribution in [2.75, 3.05) is 20.1 Å². The predicted molar refractivity (Wildman–Crippen MR) is 92.5 cm³/mol. The molecule has 2 aromatic rings. The molecule has 1 aliphatic heterocycles. The fourth-order valence-corrected chi connectivity index (χ4v) is 3.48. The molecule has 0 spiro atoms. The Kier molecular flexibility index (Phi) is 4.63. The summed E-state index contributed by atoms with van der Waals surface area (Å²) in [6, 6.07) is 2.54. The quantitative estimate of drug-likeness (QED) is 0.801. The monoisotopic (exact) mass is 345 g/mol. The highest BCUT2D eigenvalue weighted by Crippen LogP contribution is 2.26. The Balaban J connectivity index is 1.74. The second-order valence-electron chi connectivity index (χ2n) is 6.71. The molecule has 3 rings (SSSR count). The van der Waals surface area contributed by atoms with Crippen LogP contribution in [0.5, 0.6) is 5.75 Å². The van der Waals surface area contributed by atoms with Crippen molar-refractivity contribution < 1.29 is 9.90 Å². The Morgan fingerprint density at radius 1 is 1.36 bits per heavy atom. The number of carbonyl (C=O) groups excluding carboxylic acids is 1. The topological polar surface area (TPSA) is 92.4 Å². The minimum absolute atomic E-state index is 0.0407. The van der Waals surface area contributed by atoms with Crippen LogP contribution < -0.4 is 10.9 Å². The standard InChI is InChI=1S/C17H23N5O3/c1-11-4-12(23)5-17(25)22(11)9-16(24)19-14-8-20(2)7-13(14)15-6-18-10-21(15)3/h4-6,10,13-14,23H,7-9H2,1-3H3,(H,19,24)/t13-,14-/m1/s1. The summed E-state index contributed by atoms with van der Waals surface area (Å²) in [4.78, 5) is 30.8. The van der Waals surface area contributed by atoms with E-state index in [1.165, 1.54) is 10.6 Å². The normalized spacial score (nSPS) is 20.8. The Morgan fingerprint density at radius 2 is 2.12 bits per heavy atom. The fourth-order valence-electron chi connectivity index (χ4n) is 3.48. The first-order chi connectivity index (χ1) is 11.8. The molecular formula is C17H23N5O3. The van der Waals surface area contributed by atoms with Gasteiger partial charge in [0.25, 0.3) is 5.56 Å². The van der Waals surface area contributed by atoms with Gasteiger partial charge in [-0.05, 0) is 20.0 Å². The summed E-state index contributed by atoms with van der Waals surface area (Å²) in [6.07, 6.45) is 3.59. The molecule has 2 aromatic heterocycles. The minimum Gasteiger partial charge on any atom is -0.508 e. The van der Waals surface area contributed by atoms with Gasteiger partial charge in [-0.25, -0.2) is 4.98 Å². The van der Waals surface area contributed by atoms with Gasteiger partial charge in [0, 0.05) is 49.7 Å². The van der Waals surface area contributed by atoms with Gasteiger partial charge in [-0.15, -0.1) is 0 Å². The molecule has 0 aliphatic carbocycles. The summed E-state index contributed by atoms with van der Waals surface area (Å²) in [5.41, 5.74) is 1.24. The smallest absolute Gasteiger partial charge is 0.254 e. The average molecular weight is 345 g/mol. The van der Waals surface area contributed by atoms with E-state index in [0.717, 1.165) is 24.8 Å². The van der Waals surface area contributed by atoms with Crippen LogP contribution in [0.2, 0.25) is 0 Å². The molecule has 0 aromatic carbocycles. The second-order valence-corrected chi connectivity index (χ2v) is 6.71. The number of rotatable bonds is 4. The number of aromatic hydroxyl groups is 1. The lowest BCUT2D eigenvalue weighted by molar-refractivity contribution is -0.122. The largest absolute Gasteiger partial charge is 0.508 e. The molecule has 3 heterocycles. The van der Waals surface area contributed by atoms with Gasteiger partial charge in [0.2, 0.25) is 5.91 Å². The molecular weight excluding hydrogens is 322 g/mol. The third-order valence-corrected chi connectivity index (χ3v) is 4.70. The first-order valence-electron chi connectivity index (χ1n) is 8.19. The van der Waals surface area contributed by atoms with Gasteiger partial charge in [0.15, 0.2) is 0 Å². The number of likely N-dealkylation sites (tertiary alicyclic amines) is 1. The maximum atomic E-state index is 12.5. The number of pyridine rings is 1. The van der Waals surface area contributed by atoms with Crippen LogP contribution in [0.4, 0.5) is 0 Å². The van der Waals surface area contributed by atoms with Gasteiger partial charge >= 0.3 is 0 Å². The van der Waals surface area contributed by atoms with Crippen LogP contribution in [-0.2, 0) is 18.4 Å². The number of likely N-dealkylation sites (N-methyl/N-ethyl adjacent to an activating group) is 1. The Labute approximate surface area is 145 Å². The van der Waals surface area contributed by atoms with E-state index in [-0.39, 0.29) is 35.7 Å². The molecule has 2 N–H and O–H groups in total. The van der Waals surface area contributed by atoms with E-state index in [2.05, 4.69) is 15.2 Å². The van der Waals surface area contributed by atoms with Gasteiger partial charge in [-0.3, -0.25) is 9.59 Å². The summed E-state index contributed by atoms with van der Waals surface area (Å²) in [6.45, 7) is 3.20. The third kappa shape index (κ3) is 3.58. The lowest BCUT2D eigenvalue weighted by Crippen LogP contribution is -2.43. The highest BCUT2D eigenvalue weighted by molar-refractivity contribution is 5.76. The van der Waals surface area contributed by atoms with Crippen LogP contribution >= 0.6 is 0 Å². The van der Waals surface area contributed by atoms with Crippen molar-refractivity contribution in [2.45, 2.75) is 25.4 Å². The molecule has 8 heteroatoms. The molecule has 134 valence electrons. The lowest BCUT2D eigenvalue weighted by atomic mass is 10.00. The zero-order chi connectivity index (χ0) is 18.1. The maximum absolute atomic E-state index is 12.5. The lowest BCUT2D eigenvalue weighted by Gasteiger charge is -2.21. The third-order valence-electron chi connectivity index (χ3n) is 4.70. The van der Waals surface area contributed by atoms with Crippen molar-refractivity contribution in [3.8, 4) is 5.75 Å². The molecule has 8 nitrogen and oxygen atoms in total. The van der Waals surface area contributed by atoms with Gasteiger partial charge in [0.1, 0.15) is 12.3 Å². The molecule has 0 unspecified atom stereocenters. The van der Waals surface area contributed by atoms with E-state index in [9.17, 15) is 14.7 Å². The molecule has 0 radical (unpaired) electrons. The maximum Gasteiger partial charge on any atom is 0.254 e. The van der Waals surface area contributed by atoms with Crippen molar-refractivity contribution >= 4 is 5.91 Å². The Bertz CT molecular complexity index is 841. The van der Waals surface area contributed by atoms with E-state index in [4.69, 9.17) is 0 Å². The van der Waals surface area contributed by atoms with Crippen molar-refractivity contribution in [2.24, 2.45) is 7.05 Å². The molecule has 1 amide bonds. The summed E-state index contributed by atoms with van der Waals surface area (Å²) in [7, 11) is 3.96. The average Bonchev–Trinajstić information content (AvgIpc) is 3.08. The number of nitrogens with zero attached hydrogens (tertiary/aromatic N) is 4. The Morgan fingerprint density at radius 3 is 2.76 bits per heavy atom. The van der Waals surface area contributed by atoms with Gasteiger partial charge in [0.05, 0.1) is 12.4 Å². The second kappa shape index (κ2) is 6.72. The number of imidazole rings is 1. The van der Waals surface area contributed by atoms with Crippen LogP contribution in [-0.4, -0.2) is 56.2 Å². The van der Waals surface area contributed by atoms with Crippen LogP contribution in [0, 0.1) is 6.92 Å². The first-order valence-corrected chi connectivity index (χ1v) is 8.19. The van der Waals surface area contributed by atoms with Crippen molar-refractivity contribution in [3.63, 3.8) is 0 Å². The molecule has 0 bridgehead atoms. The number of hydrogen-bond donors (Lipinski definition) is 2.